The van der Waals surface area contributed by atoms with Crippen molar-refractivity contribution in [3.63, 3.8) is 0 Å². The van der Waals surface area contributed by atoms with Crippen molar-refractivity contribution in [1.82, 2.24) is 5.32 Å². The van der Waals surface area contributed by atoms with Gasteiger partial charge in [-0.15, -0.1) is 0 Å². The van der Waals surface area contributed by atoms with E-state index in [9.17, 15) is 9.90 Å². The van der Waals surface area contributed by atoms with Gasteiger partial charge in [0.05, 0.1) is 6.10 Å². The molecule has 0 aromatic rings. The minimum absolute atomic E-state index is 0.00877. The predicted octanol–water partition coefficient (Wildman–Crippen LogP) is 0.845. The molecule has 84 valence electrons. The van der Waals surface area contributed by atoms with Crippen LogP contribution in [0, 0.1) is 5.92 Å². The molecule has 0 bridgehead atoms. The lowest BCUT2D eigenvalue weighted by Gasteiger charge is -2.34. The van der Waals surface area contributed by atoms with Crippen LogP contribution >= 0.6 is 0 Å². The summed E-state index contributed by atoms with van der Waals surface area (Å²) >= 11 is 0. The Bertz CT molecular complexity index is 200. The van der Waals surface area contributed by atoms with E-state index < -0.39 is 23.7 Å². The summed E-state index contributed by atoms with van der Waals surface area (Å²) in [5, 5.41) is 21.3. The van der Waals surface area contributed by atoms with Crippen molar-refractivity contribution in [2.24, 2.45) is 5.92 Å². The van der Waals surface area contributed by atoms with Gasteiger partial charge in [0.2, 0.25) is 0 Å². The third-order valence-corrected chi connectivity index (χ3v) is 2.50. The highest BCUT2D eigenvalue weighted by Crippen LogP contribution is 2.13. The highest BCUT2D eigenvalue weighted by atomic mass is 16.4. The second-order valence-electron chi connectivity index (χ2n) is 4.60. The van der Waals surface area contributed by atoms with Crippen LogP contribution in [0.25, 0.3) is 0 Å². The van der Waals surface area contributed by atoms with Gasteiger partial charge in [-0.05, 0) is 26.7 Å². The maximum atomic E-state index is 10.9. The fraction of sp³-hybridized carbons (Fsp3) is 0.900. The maximum absolute atomic E-state index is 10.9. The summed E-state index contributed by atoms with van der Waals surface area (Å²) in [6.45, 7) is 8.89. The first-order valence-electron chi connectivity index (χ1n) is 4.87. The van der Waals surface area contributed by atoms with Crippen LogP contribution in [-0.2, 0) is 4.79 Å². The molecule has 4 heteroatoms. The summed E-state index contributed by atoms with van der Waals surface area (Å²) in [4.78, 5) is 10.9. The van der Waals surface area contributed by atoms with Crippen molar-refractivity contribution in [3.8, 4) is 0 Å². The number of nitrogens with one attached hydrogen (secondary N) is 1. The summed E-state index contributed by atoms with van der Waals surface area (Å²) in [5.74, 6) is -0.890. The normalized spacial score (nSPS) is 16.8. The van der Waals surface area contributed by atoms with Crippen molar-refractivity contribution >= 4 is 5.97 Å². The Morgan fingerprint density at radius 3 is 1.93 bits per heavy atom. The molecule has 0 fully saturated rings. The van der Waals surface area contributed by atoms with Gasteiger partial charge in [-0.25, -0.2) is 0 Å². The van der Waals surface area contributed by atoms with Crippen molar-refractivity contribution in [3.05, 3.63) is 0 Å². The number of carbonyl (C=O) groups is 1. The van der Waals surface area contributed by atoms with Gasteiger partial charge in [-0.1, -0.05) is 13.8 Å². The van der Waals surface area contributed by atoms with E-state index in [1.165, 1.54) is 0 Å². The smallest absolute Gasteiger partial charge is 0.320 e. The van der Waals surface area contributed by atoms with Crippen LogP contribution in [0.2, 0.25) is 0 Å². The number of hydrogen-bond acceptors (Lipinski definition) is 3. The molecule has 0 spiro atoms. The Hall–Kier alpha value is -0.610. The van der Waals surface area contributed by atoms with Gasteiger partial charge in [-0.3, -0.25) is 10.1 Å². The largest absolute Gasteiger partial charge is 0.480 e. The van der Waals surface area contributed by atoms with Gasteiger partial charge in [-0.2, -0.15) is 0 Å². The van der Waals surface area contributed by atoms with E-state index in [2.05, 4.69) is 5.32 Å². The fourth-order valence-electron chi connectivity index (χ4n) is 1.03. The molecule has 2 unspecified atom stereocenters. The van der Waals surface area contributed by atoms with Gasteiger partial charge in [0.1, 0.15) is 6.04 Å². The lowest BCUT2D eigenvalue weighted by molar-refractivity contribution is -0.141. The Labute approximate surface area is 85.3 Å². The topological polar surface area (TPSA) is 69.6 Å². The molecule has 0 aliphatic rings. The molecule has 0 aliphatic carbocycles. The number of aliphatic hydroxyl groups excluding tert-OH is 1. The number of hydrogen-bond donors (Lipinski definition) is 3. The van der Waals surface area contributed by atoms with Crippen molar-refractivity contribution in [1.29, 1.82) is 0 Å². The van der Waals surface area contributed by atoms with E-state index in [0.717, 1.165) is 0 Å². The average molecular weight is 203 g/mol. The summed E-state index contributed by atoms with van der Waals surface area (Å²) < 4.78 is 0. The summed E-state index contributed by atoms with van der Waals surface area (Å²) in [6.07, 6.45) is -0.594. The highest BCUT2D eigenvalue weighted by molar-refractivity contribution is 5.73. The van der Waals surface area contributed by atoms with Gasteiger partial charge in [0.25, 0.3) is 0 Å². The second kappa shape index (κ2) is 4.75. The summed E-state index contributed by atoms with van der Waals surface area (Å²) in [5.41, 5.74) is -0.590. The van der Waals surface area contributed by atoms with Gasteiger partial charge >= 0.3 is 5.97 Å². The number of carboxylic acid groups (broad SMARTS) is 1. The number of aliphatic carboxylic acids is 1. The monoisotopic (exact) mass is 203 g/mol. The van der Waals surface area contributed by atoms with E-state index in [-0.39, 0.29) is 5.92 Å². The van der Waals surface area contributed by atoms with Crippen molar-refractivity contribution < 1.29 is 15.0 Å². The molecule has 0 aliphatic heterocycles. The Balaban J connectivity index is 4.52. The van der Waals surface area contributed by atoms with E-state index >= 15 is 0 Å². The van der Waals surface area contributed by atoms with Gasteiger partial charge < -0.3 is 10.2 Å². The third kappa shape index (κ3) is 3.64. The molecule has 3 N–H and O–H groups in total. The molecule has 0 saturated heterocycles. The average Bonchev–Trinajstić information content (AvgIpc) is 1.98. The zero-order valence-corrected chi connectivity index (χ0v) is 9.53. The standard InChI is InChI=1S/C10H21NO3/c1-6(2)8(9(13)14)11-10(4,5)7(3)12/h6-8,11-12H,1-5H3,(H,13,14). The molecule has 0 aromatic carbocycles. The van der Waals surface area contributed by atoms with Crippen LogP contribution in [0.15, 0.2) is 0 Å². The molecule has 14 heavy (non-hydrogen) atoms. The number of carboxylic acids is 1. The van der Waals surface area contributed by atoms with Crippen LogP contribution in [0.4, 0.5) is 0 Å². The van der Waals surface area contributed by atoms with Crippen LogP contribution in [0.1, 0.15) is 34.6 Å². The molecule has 2 atom stereocenters. The Morgan fingerprint density at radius 2 is 1.71 bits per heavy atom. The Kier molecular flexibility index (Phi) is 4.55. The highest BCUT2D eigenvalue weighted by Gasteiger charge is 2.31. The van der Waals surface area contributed by atoms with Crippen molar-refractivity contribution in [2.75, 3.05) is 0 Å². The number of rotatable bonds is 5. The summed E-state index contributed by atoms with van der Waals surface area (Å²) in [7, 11) is 0. The van der Waals surface area contributed by atoms with E-state index in [4.69, 9.17) is 5.11 Å². The van der Waals surface area contributed by atoms with E-state index in [1.54, 1.807) is 20.8 Å². The van der Waals surface area contributed by atoms with Crippen LogP contribution < -0.4 is 5.32 Å². The molecule has 0 amide bonds. The van der Waals surface area contributed by atoms with Crippen molar-refractivity contribution in [2.45, 2.75) is 52.3 Å². The molecule has 0 rings (SSSR count). The molecule has 0 saturated carbocycles. The maximum Gasteiger partial charge on any atom is 0.320 e. The summed E-state index contributed by atoms with van der Waals surface area (Å²) in [6, 6.07) is -0.625. The SMILES string of the molecule is CC(C)C(NC(C)(C)C(C)O)C(=O)O. The third-order valence-electron chi connectivity index (χ3n) is 2.50. The van der Waals surface area contributed by atoms with Crippen LogP contribution in [0.5, 0.6) is 0 Å². The fourth-order valence-corrected chi connectivity index (χ4v) is 1.03. The lowest BCUT2D eigenvalue weighted by atomic mass is 9.94. The predicted molar refractivity (Wildman–Crippen MR) is 55.2 cm³/mol. The minimum atomic E-state index is -0.881. The molecule has 0 radical (unpaired) electrons. The quantitative estimate of drug-likeness (QED) is 0.619. The van der Waals surface area contributed by atoms with Gasteiger partial charge in [0.15, 0.2) is 0 Å². The molecule has 0 aromatic heterocycles. The molecular formula is C10H21NO3. The molecule has 0 heterocycles. The number of aliphatic hydroxyl groups is 1. The van der Waals surface area contributed by atoms with Crippen LogP contribution in [-0.4, -0.2) is 33.9 Å². The zero-order chi connectivity index (χ0) is 11.5. The molecule has 4 nitrogen and oxygen atoms in total. The van der Waals surface area contributed by atoms with Gasteiger partial charge in [0, 0.05) is 5.54 Å². The molecular weight excluding hydrogens is 182 g/mol. The van der Waals surface area contributed by atoms with E-state index in [1.807, 2.05) is 13.8 Å². The first-order chi connectivity index (χ1) is 6.18. The Morgan fingerprint density at radius 1 is 1.29 bits per heavy atom. The second-order valence-corrected chi connectivity index (χ2v) is 4.60. The zero-order valence-electron chi connectivity index (χ0n) is 9.53. The lowest BCUT2D eigenvalue weighted by Crippen LogP contribution is -2.56. The van der Waals surface area contributed by atoms with E-state index in [0.29, 0.717) is 0 Å². The first kappa shape index (κ1) is 13.4. The first-order valence-corrected chi connectivity index (χ1v) is 4.87. The minimum Gasteiger partial charge on any atom is -0.480 e. The van der Waals surface area contributed by atoms with Crippen LogP contribution in [0.3, 0.4) is 0 Å².